The molecule has 2 aliphatic carbocycles. The Morgan fingerprint density at radius 2 is 1.42 bits per heavy atom. The highest BCUT2D eigenvalue weighted by Crippen LogP contribution is 2.55. The summed E-state index contributed by atoms with van der Waals surface area (Å²) in [5.41, 5.74) is 4.91. The molecule has 0 aromatic heterocycles. The van der Waals surface area contributed by atoms with Crippen molar-refractivity contribution in [2.24, 2.45) is 35.5 Å². The highest BCUT2D eigenvalue weighted by Gasteiger charge is 2.39. The van der Waals surface area contributed by atoms with Crippen molar-refractivity contribution in [3.8, 4) is 11.5 Å². The maximum atomic E-state index is 13.8. The molecule has 0 bridgehead atoms. The van der Waals surface area contributed by atoms with Gasteiger partial charge in [0.25, 0.3) is 5.91 Å². The molecule has 2 fully saturated rings. The van der Waals surface area contributed by atoms with Gasteiger partial charge in [-0.05, 0) is 134 Å². The summed E-state index contributed by atoms with van der Waals surface area (Å²) in [5.74, 6) is 3.95. The summed E-state index contributed by atoms with van der Waals surface area (Å²) in [5, 5.41) is 6.43. The third kappa shape index (κ3) is 8.40. The Labute approximate surface area is 317 Å². The van der Waals surface area contributed by atoms with Crippen LogP contribution in [-0.4, -0.2) is 11.9 Å². The van der Waals surface area contributed by atoms with Crippen LogP contribution in [0.15, 0.2) is 46.9 Å². The number of imide groups is 1. The predicted octanol–water partition coefficient (Wildman–Crippen LogP) is 13.5. The molecule has 3 aromatic rings. The molecule has 6 atom stereocenters. The molecular weight excluding hydrogens is 731 g/mol. The quantitative estimate of drug-likeness (QED) is 0.239. The van der Waals surface area contributed by atoms with Gasteiger partial charge in [-0.25, -0.2) is 4.79 Å². The zero-order valence-corrected chi connectivity index (χ0v) is 33.9. The summed E-state index contributed by atoms with van der Waals surface area (Å²) >= 11 is 17.7. The average molecular weight is 785 g/mol. The van der Waals surface area contributed by atoms with Crippen LogP contribution in [0.3, 0.4) is 0 Å². The van der Waals surface area contributed by atoms with E-state index >= 15 is 0 Å². The third-order valence-electron chi connectivity index (χ3n) is 11.6. The van der Waals surface area contributed by atoms with E-state index in [-0.39, 0.29) is 22.4 Å². The molecule has 0 aliphatic heterocycles. The van der Waals surface area contributed by atoms with Gasteiger partial charge in [-0.2, -0.15) is 0 Å². The second-order valence-corrected chi connectivity index (χ2v) is 17.4. The fourth-order valence-electron chi connectivity index (χ4n) is 8.56. The first-order valence-electron chi connectivity index (χ1n) is 18.3. The topological polar surface area (TPSA) is 67.4 Å². The monoisotopic (exact) mass is 782 g/mol. The third-order valence-corrected chi connectivity index (χ3v) is 13.2. The van der Waals surface area contributed by atoms with Crippen LogP contribution in [0.4, 0.5) is 10.5 Å². The lowest BCUT2D eigenvalue weighted by atomic mass is 9.65. The van der Waals surface area contributed by atoms with Crippen LogP contribution in [0.5, 0.6) is 11.5 Å². The zero-order valence-electron chi connectivity index (χ0n) is 30.8. The molecule has 0 saturated heterocycles. The first kappa shape index (κ1) is 38.7. The molecule has 5 nitrogen and oxygen atoms in total. The number of amides is 3. The molecule has 0 radical (unpaired) electrons. The van der Waals surface area contributed by atoms with Crippen LogP contribution < -0.4 is 15.4 Å². The second-order valence-electron chi connectivity index (χ2n) is 15.7. The standard InChI is InChI=1S/C42H53BrCl2N2O3/c1-22(2)28-15-13-24(5)19-31(28)33-21-37(50-36-18-17-34(43)26(7)27(36)8)38(32-20-25(6)14-16-29(32)23(3)4)39(45)40(33)46-42(49)47-41(48)30-11-9-10-12-35(30)44/h9-12,17-18,21-25,28-29,31-32H,13-16,19-20H2,1-8H3,(H2,46,47,48,49)/t24?,25?,28?,29?,31?,32-/m0/s1. The van der Waals surface area contributed by atoms with Crippen molar-refractivity contribution in [2.45, 2.75) is 106 Å². The average Bonchev–Trinajstić information content (AvgIpc) is 3.06. The summed E-state index contributed by atoms with van der Waals surface area (Å²) in [6, 6.07) is 12.3. The molecule has 3 amide bonds. The Balaban J connectivity index is 1.71. The smallest absolute Gasteiger partial charge is 0.326 e. The highest BCUT2D eigenvalue weighted by atomic mass is 79.9. The van der Waals surface area contributed by atoms with Gasteiger partial charge >= 0.3 is 6.03 Å². The summed E-state index contributed by atoms with van der Waals surface area (Å²) in [6.45, 7) is 18.0. The van der Waals surface area contributed by atoms with E-state index < -0.39 is 11.9 Å². The lowest BCUT2D eigenvalue weighted by molar-refractivity contribution is 0.0967. The van der Waals surface area contributed by atoms with Crippen LogP contribution in [0.25, 0.3) is 0 Å². The van der Waals surface area contributed by atoms with Gasteiger partial charge in [0, 0.05) is 10.0 Å². The number of nitrogens with one attached hydrogen (secondary N) is 2. The fourth-order valence-corrected chi connectivity index (χ4v) is 9.60. The number of urea groups is 1. The van der Waals surface area contributed by atoms with Gasteiger partial charge < -0.3 is 10.1 Å². The molecule has 3 aromatic carbocycles. The Bertz CT molecular complexity index is 1720. The normalized spacial score (nSPS) is 23.9. The molecule has 5 unspecified atom stereocenters. The molecule has 2 N–H and O–H groups in total. The number of hydrogen-bond acceptors (Lipinski definition) is 3. The van der Waals surface area contributed by atoms with Crippen molar-refractivity contribution in [1.82, 2.24) is 5.32 Å². The first-order chi connectivity index (χ1) is 23.7. The minimum Gasteiger partial charge on any atom is -0.457 e. The Morgan fingerprint density at radius 1 is 0.820 bits per heavy atom. The lowest BCUT2D eigenvalue weighted by Crippen LogP contribution is -2.35. The van der Waals surface area contributed by atoms with E-state index in [0.717, 1.165) is 70.3 Å². The van der Waals surface area contributed by atoms with Gasteiger partial charge in [0.05, 0.1) is 21.3 Å². The molecule has 5 rings (SSSR count). The van der Waals surface area contributed by atoms with Gasteiger partial charge in [0.15, 0.2) is 0 Å². The lowest BCUT2D eigenvalue weighted by Gasteiger charge is -2.41. The predicted molar refractivity (Wildman–Crippen MR) is 211 cm³/mol. The number of rotatable bonds is 8. The Hall–Kier alpha value is -2.54. The number of carbonyl (C=O) groups excluding carboxylic acids is 2. The van der Waals surface area contributed by atoms with Crippen molar-refractivity contribution in [1.29, 1.82) is 0 Å². The van der Waals surface area contributed by atoms with E-state index in [2.05, 4.69) is 88.0 Å². The van der Waals surface area contributed by atoms with Gasteiger partial charge in [-0.3, -0.25) is 10.1 Å². The molecule has 2 aliphatic rings. The van der Waals surface area contributed by atoms with E-state index in [9.17, 15) is 9.59 Å². The van der Waals surface area contributed by atoms with E-state index in [1.165, 1.54) is 6.42 Å². The summed E-state index contributed by atoms with van der Waals surface area (Å²) in [7, 11) is 0. The van der Waals surface area contributed by atoms with Crippen molar-refractivity contribution in [3.05, 3.63) is 84.8 Å². The summed E-state index contributed by atoms with van der Waals surface area (Å²) in [4.78, 5) is 27.0. The van der Waals surface area contributed by atoms with Crippen LogP contribution in [-0.2, 0) is 0 Å². The number of ether oxygens (including phenoxy) is 1. The number of hydrogen-bond donors (Lipinski definition) is 2. The Kier molecular flexibility index (Phi) is 12.7. The fraction of sp³-hybridized carbons (Fsp3) is 0.524. The molecule has 0 heterocycles. The highest BCUT2D eigenvalue weighted by molar-refractivity contribution is 9.10. The maximum absolute atomic E-state index is 13.8. The van der Waals surface area contributed by atoms with Crippen LogP contribution >= 0.6 is 39.1 Å². The van der Waals surface area contributed by atoms with Crippen LogP contribution in [0, 0.1) is 49.4 Å². The van der Waals surface area contributed by atoms with E-state index in [4.69, 9.17) is 27.9 Å². The molecule has 0 spiro atoms. The molecule has 50 heavy (non-hydrogen) atoms. The van der Waals surface area contributed by atoms with Gasteiger partial charge in [-0.15, -0.1) is 0 Å². The van der Waals surface area contributed by atoms with Crippen molar-refractivity contribution in [3.63, 3.8) is 0 Å². The molecule has 8 heteroatoms. The minimum absolute atomic E-state index is 0.131. The van der Waals surface area contributed by atoms with E-state index in [1.807, 2.05) is 12.1 Å². The number of carbonyl (C=O) groups is 2. The maximum Gasteiger partial charge on any atom is 0.326 e. The van der Waals surface area contributed by atoms with E-state index in [0.29, 0.717) is 46.2 Å². The summed E-state index contributed by atoms with van der Waals surface area (Å²) in [6.07, 6.45) is 6.47. The van der Waals surface area contributed by atoms with Crippen molar-refractivity contribution >= 4 is 56.8 Å². The number of anilines is 1. The second kappa shape index (κ2) is 16.4. The molecular formula is C42H53BrCl2N2O3. The van der Waals surface area contributed by atoms with Gasteiger partial charge in [0.1, 0.15) is 11.5 Å². The molecule has 2 saturated carbocycles. The van der Waals surface area contributed by atoms with Crippen LogP contribution in [0.2, 0.25) is 10.0 Å². The van der Waals surface area contributed by atoms with Gasteiger partial charge in [-0.1, -0.05) is 106 Å². The first-order valence-corrected chi connectivity index (χ1v) is 19.9. The molecule has 270 valence electrons. The number of halogens is 3. The number of benzene rings is 3. The van der Waals surface area contributed by atoms with Gasteiger partial charge in [0.2, 0.25) is 0 Å². The zero-order chi connectivity index (χ0) is 36.4. The Morgan fingerprint density at radius 3 is 2.04 bits per heavy atom. The van der Waals surface area contributed by atoms with Crippen molar-refractivity contribution < 1.29 is 14.3 Å². The minimum atomic E-state index is -0.639. The largest absolute Gasteiger partial charge is 0.457 e. The SMILES string of the molecule is Cc1c(Br)ccc(Oc2cc(C3CC(C)CCC3C(C)C)c(NC(=O)NC(=O)c3ccccc3Cl)c(Cl)c2[C@H]2CC(C)CCC2C(C)C)c1C. The van der Waals surface area contributed by atoms with Crippen LogP contribution in [0.1, 0.15) is 125 Å². The summed E-state index contributed by atoms with van der Waals surface area (Å²) < 4.78 is 8.06. The van der Waals surface area contributed by atoms with Crippen molar-refractivity contribution in [2.75, 3.05) is 5.32 Å². The van der Waals surface area contributed by atoms with E-state index in [1.54, 1.807) is 24.3 Å².